The molecule has 43 heavy (non-hydrogen) atoms. The third-order valence-electron chi connectivity index (χ3n) is 7.58. The monoisotopic (exact) mass is 609 g/mol. The Morgan fingerprint density at radius 2 is 1.58 bits per heavy atom. The van der Waals surface area contributed by atoms with Crippen LogP contribution >= 0.6 is 0 Å². The van der Waals surface area contributed by atoms with Crippen molar-refractivity contribution in [3.63, 3.8) is 0 Å². The fourth-order valence-corrected chi connectivity index (χ4v) is 5.72. The van der Waals surface area contributed by atoms with Gasteiger partial charge in [0, 0.05) is 35.5 Å². The highest BCUT2D eigenvalue weighted by molar-refractivity contribution is 5.87. The molecule has 2 N–H and O–H groups in total. The molecule has 0 aromatic heterocycles. The molecule has 1 rings (SSSR count). The molecule has 0 bridgehead atoms. The highest BCUT2D eigenvalue weighted by Gasteiger charge is 2.43. The number of hydrogen-bond donors (Lipinski definition) is 2. The van der Waals surface area contributed by atoms with Gasteiger partial charge in [-0.1, -0.05) is 61.0 Å². The van der Waals surface area contributed by atoms with Crippen LogP contribution in [0.3, 0.4) is 0 Å². The summed E-state index contributed by atoms with van der Waals surface area (Å²) in [4.78, 5) is 51.5. The molecule has 0 heterocycles. The van der Waals surface area contributed by atoms with E-state index in [2.05, 4.69) is 44.9 Å². The van der Waals surface area contributed by atoms with Gasteiger partial charge in [-0.05, 0) is 64.2 Å². The van der Waals surface area contributed by atoms with Gasteiger partial charge >= 0.3 is 24.1 Å². The largest absolute Gasteiger partial charge is 0.465 e. The van der Waals surface area contributed by atoms with Crippen LogP contribution in [-0.4, -0.2) is 73.5 Å². The zero-order valence-corrected chi connectivity index (χ0v) is 28.6. The Labute approximate surface area is 260 Å². The normalized spacial score (nSPS) is 20.0. The van der Waals surface area contributed by atoms with E-state index in [0.29, 0.717) is 25.0 Å². The van der Waals surface area contributed by atoms with Crippen molar-refractivity contribution in [2.75, 3.05) is 32.9 Å². The fraction of sp³-hybridized carbons (Fsp3) is 0.818. The lowest BCUT2D eigenvalue weighted by Gasteiger charge is -2.47. The maximum Gasteiger partial charge on any atom is 0.407 e. The van der Waals surface area contributed by atoms with Gasteiger partial charge in [0.25, 0.3) is 0 Å². The van der Waals surface area contributed by atoms with Crippen molar-refractivity contribution in [3.05, 3.63) is 12.2 Å². The minimum atomic E-state index is -0.518. The lowest BCUT2D eigenvalue weighted by atomic mass is 9.62. The number of hydrogen-bond acceptors (Lipinski definition) is 7. The fourth-order valence-electron chi connectivity index (χ4n) is 5.72. The summed E-state index contributed by atoms with van der Waals surface area (Å²) in [5, 5.41) is 6.14. The third kappa shape index (κ3) is 15.0. The Morgan fingerprint density at radius 1 is 0.953 bits per heavy atom. The molecule has 248 valence electrons. The van der Waals surface area contributed by atoms with Gasteiger partial charge in [-0.15, -0.1) is 0 Å². The predicted molar refractivity (Wildman–Crippen MR) is 169 cm³/mol. The molecule has 0 aliphatic heterocycles. The van der Waals surface area contributed by atoms with Gasteiger partial charge in [-0.3, -0.25) is 4.79 Å². The molecule has 1 aliphatic rings. The Morgan fingerprint density at radius 3 is 2.16 bits per heavy atom. The van der Waals surface area contributed by atoms with Crippen molar-refractivity contribution in [1.29, 1.82) is 0 Å². The van der Waals surface area contributed by atoms with Gasteiger partial charge in [0.2, 0.25) is 0 Å². The summed E-state index contributed by atoms with van der Waals surface area (Å²) in [6.45, 7) is 24.4. The quantitative estimate of drug-likeness (QED) is 0.0956. The number of carbonyl (C=O) groups is 4. The number of esters is 2. The Bertz CT molecular complexity index is 970. The van der Waals surface area contributed by atoms with Crippen molar-refractivity contribution in [3.8, 4) is 0 Å². The molecular formula is C33H59N3O7. The molecule has 2 unspecified atom stereocenters. The van der Waals surface area contributed by atoms with Crippen LogP contribution in [0.5, 0.6) is 0 Å². The summed E-state index contributed by atoms with van der Waals surface area (Å²) >= 11 is 0. The Hall–Kier alpha value is -2.78. The summed E-state index contributed by atoms with van der Waals surface area (Å²) in [5.74, 6) is -0.702. The van der Waals surface area contributed by atoms with Crippen molar-refractivity contribution in [1.82, 2.24) is 15.5 Å². The van der Waals surface area contributed by atoms with Crippen molar-refractivity contribution in [2.45, 2.75) is 126 Å². The number of ether oxygens (including phenoxy) is 3. The van der Waals surface area contributed by atoms with Crippen LogP contribution in [0.25, 0.3) is 0 Å². The van der Waals surface area contributed by atoms with Gasteiger partial charge in [-0.25, -0.2) is 14.4 Å². The number of rotatable bonds is 15. The van der Waals surface area contributed by atoms with Gasteiger partial charge < -0.3 is 29.7 Å². The van der Waals surface area contributed by atoms with E-state index in [1.165, 1.54) is 0 Å². The molecule has 0 saturated heterocycles. The smallest absolute Gasteiger partial charge is 0.407 e. The van der Waals surface area contributed by atoms with E-state index in [9.17, 15) is 19.2 Å². The first-order chi connectivity index (χ1) is 19.7. The molecule has 10 nitrogen and oxygen atoms in total. The van der Waals surface area contributed by atoms with Crippen LogP contribution in [0.1, 0.15) is 114 Å². The number of urea groups is 1. The van der Waals surface area contributed by atoms with Gasteiger partial charge in [-0.2, -0.15) is 0 Å². The summed E-state index contributed by atoms with van der Waals surface area (Å²) < 4.78 is 16.1. The second-order valence-corrected chi connectivity index (χ2v) is 15.2. The molecular weight excluding hydrogens is 550 g/mol. The number of carbonyl (C=O) groups excluding carboxylic acids is 4. The molecule has 1 saturated carbocycles. The van der Waals surface area contributed by atoms with Gasteiger partial charge in [0.05, 0.1) is 13.2 Å². The summed E-state index contributed by atoms with van der Waals surface area (Å²) in [7, 11) is 0. The minimum absolute atomic E-state index is 0.0664. The molecule has 1 aliphatic carbocycles. The summed E-state index contributed by atoms with van der Waals surface area (Å²) in [6, 6.07) is -0.322. The third-order valence-corrected chi connectivity index (χ3v) is 7.58. The van der Waals surface area contributed by atoms with E-state index in [1.54, 1.807) is 11.8 Å². The Balaban J connectivity index is 2.70. The maximum atomic E-state index is 13.4. The van der Waals surface area contributed by atoms with E-state index >= 15 is 0 Å². The lowest BCUT2D eigenvalue weighted by molar-refractivity contribution is -0.147. The van der Waals surface area contributed by atoms with Gasteiger partial charge in [0.15, 0.2) is 0 Å². The zero-order chi connectivity index (χ0) is 33.1. The van der Waals surface area contributed by atoms with E-state index in [-0.39, 0.29) is 55.2 Å². The number of alkyl carbamates (subject to hydrolysis) is 1. The van der Waals surface area contributed by atoms with Crippen LogP contribution < -0.4 is 10.6 Å². The summed E-state index contributed by atoms with van der Waals surface area (Å²) in [6.07, 6.45) is 5.09. The zero-order valence-electron chi connectivity index (χ0n) is 28.6. The van der Waals surface area contributed by atoms with Crippen LogP contribution in [0.2, 0.25) is 0 Å². The SMILES string of the molecule is C=C(C)C(=O)OCCN(C(=O)NC1CC(C)(C)CC(C)(CNC(=O)OCC(C)(C)COC(=O)CCCCC)C1)C(C)(C)C. The number of nitrogens with one attached hydrogen (secondary N) is 2. The average molecular weight is 610 g/mol. The van der Waals surface area contributed by atoms with Crippen molar-refractivity contribution >= 4 is 24.1 Å². The molecule has 10 heteroatoms. The molecule has 1 fully saturated rings. The molecule has 0 aromatic rings. The van der Waals surface area contributed by atoms with Crippen LogP contribution in [0, 0.1) is 16.2 Å². The number of unbranched alkanes of at least 4 members (excludes halogenated alkanes) is 2. The van der Waals surface area contributed by atoms with E-state index in [1.807, 2.05) is 34.6 Å². The maximum absolute atomic E-state index is 13.4. The standard InChI is InChI=1S/C33H59N3O7/c1-12-13-14-15-26(37)42-22-32(9,10)23-43-29(40)34-21-33(11)19-25(18-31(7,8)20-33)35-28(39)36(30(4,5)6)16-17-41-27(38)24(2)3/h25H,2,12-23H2,1,3-11H3,(H,34,40)(H,35,39). The van der Waals surface area contributed by atoms with Crippen LogP contribution in [0.4, 0.5) is 9.59 Å². The van der Waals surface area contributed by atoms with Crippen molar-refractivity contribution in [2.24, 2.45) is 16.2 Å². The second-order valence-electron chi connectivity index (χ2n) is 15.2. The van der Waals surface area contributed by atoms with Crippen LogP contribution in [-0.2, 0) is 23.8 Å². The second kappa shape index (κ2) is 16.3. The van der Waals surface area contributed by atoms with Crippen molar-refractivity contribution < 1.29 is 33.4 Å². The predicted octanol–water partition coefficient (Wildman–Crippen LogP) is 6.38. The highest BCUT2D eigenvalue weighted by Crippen LogP contribution is 2.46. The van der Waals surface area contributed by atoms with Crippen LogP contribution in [0.15, 0.2) is 12.2 Å². The molecule has 2 atom stereocenters. The Kier molecular flexibility index (Phi) is 14.5. The molecule has 0 aromatic carbocycles. The topological polar surface area (TPSA) is 123 Å². The summed E-state index contributed by atoms with van der Waals surface area (Å²) in [5.41, 5.74) is -1.02. The first kappa shape index (κ1) is 38.2. The minimum Gasteiger partial charge on any atom is -0.465 e. The molecule has 0 spiro atoms. The van der Waals surface area contributed by atoms with E-state index in [0.717, 1.165) is 32.1 Å². The molecule has 0 radical (unpaired) electrons. The first-order valence-corrected chi connectivity index (χ1v) is 15.7. The number of amides is 3. The average Bonchev–Trinajstić information content (AvgIpc) is 2.85. The number of nitrogens with zero attached hydrogens (tertiary/aromatic N) is 1. The highest BCUT2D eigenvalue weighted by atomic mass is 16.6. The first-order valence-electron chi connectivity index (χ1n) is 15.7. The molecule has 3 amide bonds. The lowest BCUT2D eigenvalue weighted by Crippen LogP contribution is -2.57. The van der Waals surface area contributed by atoms with E-state index < -0.39 is 23.0 Å². The van der Waals surface area contributed by atoms with E-state index in [4.69, 9.17) is 14.2 Å². The van der Waals surface area contributed by atoms with Gasteiger partial charge in [0.1, 0.15) is 13.2 Å².